The first-order valence-corrected chi connectivity index (χ1v) is 10.4. The highest BCUT2D eigenvalue weighted by atomic mass is 19.4. The van der Waals surface area contributed by atoms with Crippen LogP contribution in [0.2, 0.25) is 0 Å². The maximum absolute atomic E-state index is 13.7. The maximum Gasteiger partial charge on any atom is 0.433 e. The molecule has 170 valence electrons. The lowest BCUT2D eigenvalue weighted by Crippen LogP contribution is -2.38. The number of nitrogens with one attached hydrogen (secondary N) is 1. The number of carbonyl (C=O) groups is 1. The van der Waals surface area contributed by atoms with Crippen molar-refractivity contribution in [1.82, 2.24) is 24.8 Å². The normalized spacial score (nSPS) is 15.2. The first kappa shape index (κ1) is 22.2. The molecule has 0 spiro atoms. The Kier molecular flexibility index (Phi) is 6.43. The lowest BCUT2D eigenvalue weighted by Gasteiger charge is -2.26. The fourth-order valence-electron chi connectivity index (χ4n) is 3.58. The van der Waals surface area contributed by atoms with E-state index in [9.17, 15) is 18.0 Å². The molecule has 3 heterocycles. The number of nitrogens with zero attached hydrogens (tertiary/aromatic N) is 4. The zero-order chi connectivity index (χ0) is 22.7. The lowest BCUT2D eigenvalue weighted by molar-refractivity contribution is -0.142. The molecule has 4 rings (SSSR count). The van der Waals surface area contributed by atoms with E-state index >= 15 is 0 Å². The summed E-state index contributed by atoms with van der Waals surface area (Å²) in [6.07, 6.45) is -3.93. The summed E-state index contributed by atoms with van der Waals surface area (Å²) in [7, 11) is 0. The van der Waals surface area contributed by atoms with Gasteiger partial charge in [0.05, 0.1) is 18.9 Å². The first-order chi connectivity index (χ1) is 15.3. The molecule has 10 heteroatoms. The Balaban J connectivity index is 1.52. The molecule has 1 fully saturated rings. The van der Waals surface area contributed by atoms with Crippen molar-refractivity contribution >= 4 is 11.6 Å². The number of benzene rings is 1. The van der Waals surface area contributed by atoms with Gasteiger partial charge < -0.3 is 10.1 Å². The summed E-state index contributed by atoms with van der Waals surface area (Å²) in [5, 5.41) is 6.62. The summed E-state index contributed by atoms with van der Waals surface area (Å²) in [6.45, 7) is 6.22. The van der Waals surface area contributed by atoms with Gasteiger partial charge in [-0.05, 0) is 26.0 Å². The van der Waals surface area contributed by atoms with Crippen LogP contribution in [-0.2, 0) is 10.9 Å². The van der Waals surface area contributed by atoms with Crippen LogP contribution in [-0.4, -0.2) is 64.8 Å². The van der Waals surface area contributed by atoms with Gasteiger partial charge in [0.25, 0.3) is 5.91 Å². The molecule has 3 aromatic rings. The fourth-order valence-corrected chi connectivity index (χ4v) is 3.58. The molecule has 1 amide bonds. The molecule has 1 aromatic carbocycles. The number of aromatic nitrogens is 3. The lowest BCUT2D eigenvalue weighted by atomic mass is 10.1. The van der Waals surface area contributed by atoms with Crippen LogP contribution in [0.3, 0.4) is 0 Å². The Morgan fingerprint density at radius 1 is 1.16 bits per heavy atom. The number of carbonyl (C=O) groups excluding carboxylic acids is 1. The van der Waals surface area contributed by atoms with E-state index in [0.29, 0.717) is 29.8 Å². The number of rotatable bonds is 6. The maximum atomic E-state index is 13.7. The summed E-state index contributed by atoms with van der Waals surface area (Å²) in [5.41, 5.74) is 0.595. The summed E-state index contributed by atoms with van der Waals surface area (Å²) in [6, 6.07) is 9.28. The number of hydrogen-bond donors (Lipinski definition) is 1. The number of ether oxygens (including phenoxy) is 1. The average molecular weight is 447 g/mol. The second-order valence-electron chi connectivity index (χ2n) is 7.75. The molecule has 32 heavy (non-hydrogen) atoms. The predicted octanol–water partition coefficient (Wildman–Crippen LogP) is 3.18. The average Bonchev–Trinajstić information content (AvgIpc) is 3.21. The predicted molar refractivity (Wildman–Crippen MR) is 112 cm³/mol. The van der Waals surface area contributed by atoms with E-state index < -0.39 is 17.8 Å². The second kappa shape index (κ2) is 9.25. The van der Waals surface area contributed by atoms with E-state index in [1.807, 2.05) is 6.92 Å². The number of morpholine rings is 1. The van der Waals surface area contributed by atoms with Crippen molar-refractivity contribution in [2.45, 2.75) is 19.5 Å². The topological polar surface area (TPSA) is 71.8 Å². The van der Waals surface area contributed by atoms with Crippen LogP contribution in [0.15, 0.2) is 36.4 Å². The van der Waals surface area contributed by atoms with E-state index in [-0.39, 0.29) is 17.0 Å². The Hall–Kier alpha value is -2.98. The molecule has 0 saturated carbocycles. The minimum atomic E-state index is -4.65. The Morgan fingerprint density at radius 3 is 2.56 bits per heavy atom. The number of halogens is 3. The van der Waals surface area contributed by atoms with Crippen molar-refractivity contribution < 1.29 is 22.7 Å². The van der Waals surface area contributed by atoms with Crippen molar-refractivity contribution in [2.24, 2.45) is 0 Å². The number of alkyl halides is 3. The zero-order valence-electron chi connectivity index (χ0n) is 17.7. The van der Waals surface area contributed by atoms with Gasteiger partial charge in [-0.2, -0.15) is 18.3 Å². The van der Waals surface area contributed by atoms with Gasteiger partial charge in [-0.15, -0.1) is 0 Å². The zero-order valence-corrected chi connectivity index (χ0v) is 17.7. The smallest absolute Gasteiger partial charge is 0.379 e. The summed E-state index contributed by atoms with van der Waals surface area (Å²) in [5.74, 6) is -0.525. The molecular formula is C22H24F3N5O2. The number of aryl methyl sites for hydroxylation is 1. The molecule has 0 unspecified atom stereocenters. The number of amides is 1. The standard InChI is InChI=1S/C22H24F3N5O2/c1-15-3-5-16(6-4-15)17-13-19(22(23,24)25)30-20(27-17)14-18(28-30)21(31)26-7-2-8-29-9-11-32-12-10-29/h3-6,13-14H,2,7-12H2,1H3,(H,26,31). The van der Waals surface area contributed by atoms with Gasteiger partial charge in [-0.1, -0.05) is 29.8 Å². The van der Waals surface area contributed by atoms with E-state index in [1.54, 1.807) is 24.3 Å². The quantitative estimate of drug-likeness (QED) is 0.588. The third kappa shape index (κ3) is 5.08. The van der Waals surface area contributed by atoms with Gasteiger partial charge in [-0.3, -0.25) is 9.69 Å². The van der Waals surface area contributed by atoms with E-state index in [4.69, 9.17) is 4.74 Å². The molecule has 0 aliphatic carbocycles. The minimum absolute atomic E-state index is 0.0335. The molecule has 1 aliphatic rings. The third-order valence-electron chi connectivity index (χ3n) is 5.34. The van der Waals surface area contributed by atoms with Gasteiger partial charge in [0.1, 0.15) is 0 Å². The van der Waals surface area contributed by atoms with Gasteiger partial charge in [0, 0.05) is 31.3 Å². The molecule has 1 aliphatic heterocycles. The van der Waals surface area contributed by atoms with Gasteiger partial charge in [0.2, 0.25) is 0 Å². The minimum Gasteiger partial charge on any atom is -0.379 e. The van der Waals surface area contributed by atoms with Crippen LogP contribution < -0.4 is 5.32 Å². The monoisotopic (exact) mass is 447 g/mol. The summed E-state index contributed by atoms with van der Waals surface area (Å²) >= 11 is 0. The first-order valence-electron chi connectivity index (χ1n) is 10.4. The summed E-state index contributed by atoms with van der Waals surface area (Å²) in [4.78, 5) is 19.0. The largest absolute Gasteiger partial charge is 0.433 e. The molecule has 0 atom stereocenters. The molecule has 7 nitrogen and oxygen atoms in total. The van der Waals surface area contributed by atoms with Crippen molar-refractivity contribution in [3.8, 4) is 11.3 Å². The highest BCUT2D eigenvalue weighted by Crippen LogP contribution is 2.32. The molecule has 0 radical (unpaired) electrons. The van der Waals surface area contributed by atoms with Crippen LogP contribution in [0.1, 0.15) is 28.2 Å². The van der Waals surface area contributed by atoms with Crippen LogP contribution in [0.25, 0.3) is 16.9 Å². The van der Waals surface area contributed by atoms with E-state index in [1.165, 1.54) is 6.07 Å². The van der Waals surface area contributed by atoms with Crippen molar-refractivity contribution in [1.29, 1.82) is 0 Å². The molecule has 2 aromatic heterocycles. The van der Waals surface area contributed by atoms with Crippen molar-refractivity contribution in [2.75, 3.05) is 39.4 Å². The third-order valence-corrected chi connectivity index (χ3v) is 5.34. The molecule has 1 saturated heterocycles. The molecular weight excluding hydrogens is 423 g/mol. The SMILES string of the molecule is Cc1ccc(-c2cc(C(F)(F)F)n3nc(C(=O)NCCCN4CCOCC4)cc3n2)cc1. The van der Waals surface area contributed by atoms with Crippen molar-refractivity contribution in [3.63, 3.8) is 0 Å². The molecule has 1 N–H and O–H groups in total. The van der Waals surface area contributed by atoms with E-state index in [2.05, 4.69) is 20.3 Å². The molecule has 0 bridgehead atoms. The Morgan fingerprint density at radius 2 is 1.88 bits per heavy atom. The van der Waals surface area contributed by atoms with E-state index in [0.717, 1.165) is 37.7 Å². The highest BCUT2D eigenvalue weighted by Gasteiger charge is 2.35. The van der Waals surface area contributed by atoms with Crippen LogP contribution in [0, 0.1) is 6.92 Å². The Labute approximate surface area is 183 Å². The van der Waals surface area contributed by atoms with Gasteiger partial charge in [-0.25, -0.2) is 9.50 Å². The highest BCUT2D eigenvalue weighted by molar-refractivity contribution is 5.93. The fraction of sp³-hybridized carbons (Fsp3) is 0.409. The summed E-state index contributed by atoms with van der Waals surface area (Å²) < 4.78 is 47.1. The van der Waals surface area contributed by atoms with Crippen LogP contribution >= 0.6 is 0 Å². The Bertz CT molecular complexity index is 1090. The van der Waals surface area contributed by atoms with Crippen molar-refractivity contribution in [3.05, 3.63) is 53.3 Å². The van der Waals surface area contributed by atoms with Gasteiger partial charge in [0.15, 0.2) is 17.0 Å². The number of hydrogen-bond acceptors (Lipinski definition) is 5. The second-order valence-corrected chi connectivity index (χ2v) is 7.75. The van der Waals surface area contributed by atoms with Crippen LogP contribution in [0.5, 0.6) is 0 Å². The van der Waals surface area contributed by atoms with Crippen LogP contribution in [0.4, 0.5) is 13.2 Å². The number of fused-ring (bicyclic) bond motifs is 1. The van der Waals surface area contributed by atoms with Gasteiger partial charge >= 0.3 is 6.18 Å².